The Kier molecular flexibility index (Phi) is 5.52. The molecule has 0 spiro atoms. The van der Waals surface area contributed by atoms with Gasteiger partial charge in [0.05, 0.1) is 7.11 Å². The van der Waals surface area contributed by atoms with Gasteiger partial charge in [0.1, 0.15) is 0 Å². The summed E-state index contributed by atoms with van der Waals surface area (Å²) in [5.74, 6) is 4.00. The second kappa shape index (κ2) is 5.88. The molecular formula is C6H9BO4S. The second-order valence-electron chi connectivity index (χ2n) is 1.75. The normalized spacial score (nSPS) is 9.50. The number of hydrogen-bond donors (Lipinski definition) is 1. The molecule has 1 heterocycles. The van der Waals surface area contributed by atoms with Crippen LogP contribution in [-0.2, 0) is 14.6 Å². The van der Waals surface area contributed by atoms with E-state index in [1.54, 1.807) is 0 Å². The predicted octanol–water partition coefficient (Wildman–Crippen LogP) is 0.460. The van der Waals surface area contributed by atoms with Gasteiger partial charge in [-0.2, -0.15) is 8.42 Å². The Morgan fingerprint density at radius 2 is 1.67 bits per heavy atom. The molecule has 12 heavy (non-hydrogen) atoms. The molecule has 1 aromatic heterocycles. The molecule has 0 aliphatic rings. The molecule has 1 N–H and O–H groups in total. The van der Waals surface area contributed by atoms with Crippen LogP contribution in [0.15, 0.2) is 30.1 Å². The first-order valence-electron chi connectivity index (χ1n) is 3.09. The third-order valence-electron chi connectivity index (χ3n) is 0.877. The third-order valence-corrected chi connectivity index (χ3v) is 1.30. The minimum atomic E-state index is -4.16. The minimum absolute atomic E-state index is 0.870. The van der Waals surface area contributed by atoms with Gasteiger partial charge >= 0.3 is 47.4 Å². The van der Waals surface area contributed by atoms with Crippen LogP contribution in [0.4, 0.5) is 0 Å². The molecule has 6 heteroatoms. The van der Waals surface area contributed by atoms with E-state index in [0.29, 0.717) is 0 Å². The summed E-state index contributed by atoms with van der Waals surface area (Å²) in [4.78, 5) is 0. The van der Waals surface area contributed by atoms with Gasteiger partial charge in [0, 0.05) is 0 Å². The quantitative estimate of drug-likeness (QED) is 0.650. The van der Waals surface area contributed by atoms with Crippen LogP contribution in [0.3, 0.4) is 0 Å². The van der Waals surface area contributed by atoms with Gasteiger partial charge in [-0.3, -0.25) is 8.74 Å². The van der Waals surface area contributed by atoms with Gasteiger partial charge < -0.3 is 0 Å². The van der Waals surface area contributed by atoms with Crippen LogP contribution in [-0.4, -0.2) is 27.0 Å². The standard InChI is InChI=1S/C5H5B.CH4O4S/c1-2-4-6-5-3-1;1-5-6(2,3)4/h1-5H;1H3,(H,2,3,4). The number of rotatable bonds is 1. The van der Waals surface area contributed by atoms with Crippen molar-refractivity contribution in [1.29, 1.82) is 0 Å². The van der Waals surface area contributed by atoms with Gasteiger partial charge in [-0.1, -0.05) is 0 Å². The summed E-state index contributed by atoms with van der Waals surface area (Å²) in [7, 11) is -3.29. The van der Waals surface area contributed by atoms with Gasteiger partial charge in [0.2, 0.25) is 0 Å². The van der Waals surface area contributed by atoms with Crippen molar-refractivity contribution in [3.63, 3.8) is 0 Å². The molecule has 0 saturated heterocycles. The van der Waals surface area contributed by atoms with Gasteiger partial charge in [-0.05, 0) is 0 Å². The molecule has 0 aromatic carbocycles. The van der Waals surface area contributed by atoms with E-state index in [1.807, 2.05) is 37.0 Å². The zero-order chi connectivity index (χ0) is 9.45. The molecule has 66 valence electrons. The van der Waals surface area contributed by atoms with E-state index < -0.39 is 10.4 Å². The predicted molar refractivity (Wildman–Crippen MR) is 46.3 cm³/mol. The Hall–Kier alpha value is -0.715. The molecule has 0 atom stereocenters. The summed E-state index contributed by atoms with van der Waals surface area (Å²) < 4.78 is 29.7. The fourth-order valence-electron chi connectivity index (χ4n) is 0.385. The van der Waals surface area contributed by atoms with Crippen molar-refractivity contribution >= 4 is 17.3 Å². The summed E-state index contributed by atoms with van der Waals surface area (Å²) >= 11 is 0. The zero-order valence-corrected chi connectivity index (χ0v) is 7.36. The number of hydrogen-bond acceptors (Lipinski definition) is 3. The van der Waals surface area contributed by atoms with Crippen LogP contribution < -0.4 is 0 Å². The molecule has 0 fully saturated rings. The van der Waals surface area contributed by atoms with Crippen LogP contribution in [0, 0.1) is 0 Å². The topological polar surface area (TPSA) is 63.6 Å². The van der Waals surface area contributed by atoms with Gasteiger partial charge in [-0.25, -0.2) is 0 Å². The van der Waals surface area contributed by atoms with Crippen LogP contribution in [0.1, 0.15) is 0 Å². The van der Waals surface area contributed by atoms with Crippen molar-refractivity contribution in [3.05, 3.63) is 30.1 Å². The van der Waals surface area contributed by atoms with Crippen LogP contribution in [0.5, 0.6) is 0 Å². The first-order chi connectivity index (χ1) is 5.56. The van der Waals surface area contributed by atoms with Crippen molar-refractivity contribution in [3.8, 4) is 0 Å². The molecule has 0 amide bonds. The molecule has 0 aliphatic carbocycles. The van der Waals surface area contributed by atoms with Crippen molar-refractivity contribution in [2.45, 2.75) is 0 Å². The van der Waals surface area contributed by atoms with E-state index in [1.165, 1.54) is 0 Å². The maximum atomic E-state index is 9.33. The Morgan fingerprint density at radius 1 is 1.25 bits per heavy atom. The Labute approximate surface area is 72.4 Å². The Morgan fingerprint density at radius 3 is 1.75 bits per heavy atom. The molecular weight excluding hydrogens is 179 g/mol. The third kappa shape index (κ3) is 9.28. The van der Waals surface area contributed by atoms with E-state index >= 15 is 0 Å². The fraction of sp³-hybridized carbons (Fsp3) is 0.167. The zero-order valence-electron chi connectivity index (χ0n) is 6.54. The average molecular weight is 188 g/mol. The van der Waals surface area contributed by atoms with Crippen molar-refractivity contribution in [2.24, 2.45) is 0 Å². The summed E-state index contributed by atoms with van der Waals surface area (Å²) in [6, 6.07) is 6.00. The SMILES string of the molecule is COS(=O)(=O)O.b1ccccc1. The van der Waals surface area contributed by atoms with Crippen LogP contribution in [0.2, 0.25) is 0 Å². The van der Waals surface area contributed by atoms with E-state index in [0.717, 1.165) is 7.11 Å². The summed E-state index contributed by atoms with van der Waals surface area (Å²) in [5.41, 5.74) is 0. The van der Waals surface area contributed by atoms with Gasteiger partial charge in [-0.15, -0.1) is 0 Å². The average Bonchev–Trinajstić information content (AvgIpc) is 2.07. The molecule has 0 bridgehead atoms. The maximum absolute atomic E-state index is 9.33. The molecule has 1 aromatic rings. The second-order valence-corrected chi connectivity index (χ2v) is 2.94. The summed E-state index contributed by atoms with van der Waals surface area (Å²) in [6.07, 6.45) is 0. The molecule has 0 radical (unpaired) electrons. The van der Waals surface area contributed by atoms with Crippen molar-refractivity contribution < 1.29 is 17.2 Å². The molecule has 0 saturated carbocycles. The van der Waals surface area contributed by atoms with Crippen LogP contribution >= 0.6 is 0 Å². The first-order valence-corrected chi connectivity index (χ1v) is 4.46. The molecule has 0 unspecified atom stereocenters. The molecule has 0 aliphatic heterocycles. The van der Waals surface area contributed by atoms with Gasteiger partial charge in [0.15, 0.2) is 0 Å². The van der Waals surface area contributed by atoms with E-state index in [-0.39, 0.29) is 0 Å². The molecule has 4 nitrogen and oxygen atoms in total. The van der Waals surface area contributed by atoms with E-state index in [4.69, 9.17) is 4.55 Å². The fourth-order valence-corrected chi connectivity index (χ4v) is 0.385. The Balaban J connectivity index is 0.000000202. The monoisotopic (exact) mass is 188 g/mol. The van der Waals surface area contributed by atoms with Crippen molar-refractivity contribution in [1.82, 2.24) is 0 Å². The Bertz CT molecular complexity index is 257. The van der Waals surface area contributed by atoms with E-state index in [9.17, 15) is 8.42 Å². The molecule has 1 rings (SSSR count). The van der Waals surface area contributed by atoms with Gasteiger partial charge in [0.25, 0.3) is 0 Å². The van der Waals surface area contributed by atoms with Crippen LogP contribution in [0.25, 0.3) is 0 Å². The summed E-state index contributed by atoms with van der Waals surface area (Å²) in [6.45, 7) is 2.00. The van der Waals surface area contributed by atoms with Crippen molar-refractivity contribution in [2.75, 3.05) is 7.11 Å². The first kappa shape index (κ1) is 11.3. The summed E-state index contributed by atoms with van der Waals surface area (Å²) in [5, 5.41) is 0. The van der Waals surface area contributed by atoms with E-state index in [2.05, 4.69) is 4.18 Å².